The first-order chi connectivity index (χ1) is 11.8. The minimum absolute atomic E-state index is 0.0581. The SMILES string of the molecule is O=C(NC1COC1)c1coc(Cc2ccc(-n3nccn3)cn2)n1. The number of ether oxygens (including phenoxy) is 1. The zero-order chi connectivity index (χ0) is 16.4. The molecule has 0 bridgehead atoms. The number of carbonyl (C=O) groups is 1. The highest BCUT2D eigenvalue weighted by Crippen LogP contribution is 2.11. The Morgan fingerprint density at radius 1 is 1.29 bits per heavy atom. The summed E-state index contributed by atoms with van der Waals surface area (Å²) in [5.74, 6) is 0.175. The normalized spacial score (nSPS) is 14.3. The number of hydrogen-bond acceptors (Lipinski definition) is 7. The lowest BCUT2D eigenvalue weighted by Crippen LogP contribution is -2.48. The molecule has 0 aliphatic carbocycles. The maximum atomic E-state index is 12.0. The van der Waals surface area contributed by atoms with E-state index in [1.165, 1.54) is 11.1 Å². The maximum absolute atomic E-state index is 12.0. The van der Waals surface area contributed by atoms with Crippen LogP contribution in [0.2, 0.25) is 0 Å². The molecule has 24 heavy (non-hydrogen) atoms. The molecule has 4 heterocycles. The van der Waals surface area contributed by atoms with Crippen LogP contribution >= 0.6 is 0 Å². The van der Waals surface area contributed by atoms with Crippen molar-refractivity contribution in [1.29, 1.82) is 0 Å². The zero-order valence-corrected chi connectivity index (χ0v) is 12.6. The highest BCUT2D eigenvalue weighted by molar-refractivity contribution is 5.92. The number of aromatic nitrogens is 5. The smallest absolute Gasteiger partial charge is 0.273 e. The highest BCUT2D eigenvalue weighted by atomic mass is 16.5. The lowest BCUT2D eigenvalue weighted by Gasteiger charge is -2.26. The van der Waals surface area contributed by atoms with Gasteiger partial charge in [-0.2, -0.15) is 15.0 Å². The molecule has 1 saturated heterocycles. The van der Waals surface area contributed by atoms with E-state index >= 15 is 0 Å². The summed E-state index contributed by atoms with van der Waals surface area (Å²) in [6, 6.07) is 3.76. The van der Waals surface area contributed by atoms with Gasteiger partial charge in [-0.1, -0.05) is 0 Å². The van der Waals surface area contributed by atoms with Crippen molar-refractivity contribution in [3.8, 4) is 5.69 Å². The van der Waals surface area contributed by atoms with Crippen molar-refractivity contribution >= 4 is 5.91 Å². The van der Waals surface area contributed by atoms with Crippen LogP contribution in [0, 0.1) is 0 Å². The molecule has 9 nitrogen and oxygen atoms in total. The highest BCUT2D eigenvalue weighted by Gasteiger charge is 2.22. The molecule has 1 fully saturated rings. The van der Waals surface area contributed by atoms with Gasteiger partial charge in [0.15, 0.2) is 5.69 Å². The number of rotatable bonds is 5. The quantitative estimate of drug-likeness (QED) is 0.721. The molecule has 0 atom stereocenters. The van der Waals surface area contributed by atoms with E-state index in [1.807, 2.05) is 12.1 Å². The fourth-order valence-electron chi connectivity index (χ4n) is 2.22. The summed E-state index contributed by atoms with van der Waals surface area (Å²) in [6.45, 7) is 1.08. The van der Waals surface area contributed by atoms with E-state index in [-0.39, 0.29) is 17.6 Å². The molecule has 0 radical (unpaired) electrons. The molecule has 4 rings (SSSR count). The number of hydrogen-bond donors (Lipinski definition) is 1. The fourth-order valence-corrected chi connectivity index (χ4v) is 2.22. The van der Waals surface area contributed by atoms with E-state index in [2.05, 4.69) is 25.5 Å². The Balaban J connectivity index is 1.41. The molecule has 1 N–H and O–H groups in total. The van der Waals surface area contributed by atoms with Crippen LogP contribution in [0.4, 0.5) is 0 Å². The second-order valence-corrected chi connectivity index (χ2v) is 5.34. The van der Waals surface area contributed by atoms with Crippen molar-refractivity contribution in [2.24, 2.45) is 0 Å². The van der Waals surface area contributed by atoms with Gasteiger partial charge in [0.05, 0.1) is 44.3 Å². The van der Waals surface area contributed by atoms with Gasteiger partial charge in [-0.15, -0.1) is 0 Å². The summed E-state index contributed by atoms with van der Waals surface area (Å²) in [5, 5.41) is 10.9. The molecular weight excluding hydrogens is 312 g/mol. The summed E-state index contributed by atoms with van der Waals surface area (Å²) in [5.41, 5.74) is 1.79. The van der Waals surface area contributed by atoms with Crippen LogP contribution in [0.3, 0.4) is 0 Å². The van der Waals surface area contributed by atoms with E-state index in [1.54, 1.807) is 18.6 Å². The third-order valence-electron chi connectivity index (χ3n) is 3.55. The van der Waals surface area contributed by atoms with Crippen LogP contribution < -0.4 is 5.32 Å². The Morgan fingerprint density at radius 3 is 2.79 bits per heavy atom. The second-order valence-electron chi connectivity index (χ2n) is 5.34. The topological polar surface area (TPSA) is 108 Å². The van der Waals surface area contributed by atoms with E-state index in [0.717, 1.165) is 11.4 Å². The van der Waals surface area contributed by atoms with Gasteiger partial charge in [-0.3, -0.25) is 9.78 Å². The summed E-state index contributed by atoms with van der Waals surface area (Å²) in [4.78, 5) is 22.0. The predicted molar refractivity (Wildman–Crippen MR) is 80.5 cm³/mol. The van der Waals surface area contributed by atoms with Crippen LogP contribution in [0.5, 0.6) is 0 Å². The minimum Gasteiger partial charge on any atom is -0.448 e. The summed E-state index contributed by atoms with van der Waals surface area (Å²) in [7, 11) is 0. The number of nitrogens with one attached hydrogen (secondary N) is 1. The predicted octanol–water partition coefficient (Wildman–Crippen LogP) is 0.370. The van der Waals surface area contributed by atoms with Crippen LogP contribution in [0.1, 0.15) is 22.1 Å². The number of pyridine rings is 1. The number of oxazole rings is 1. The lowest BCUT2D eigenvalue weighted by molar-refractivity contribution is -0.00355. The Labute approximate surface area is 136 Å². The Bertz CT molecular complexity index is 823. The molecule has 122 valence electrons. The third-order valence-corrected chi connectivity index (χ3v) is 3.55. The Hall–Kier alpha value is -3.07. The van der Waals surface area contributed by atoms with Gasteiger partial charge in [0.2, 0.25) is 5.89 Å². The van der Waals surface area contributed by atoms with Gasteiger partial charge >= 0.3 is 0 Å². The fraction of sp³-hybridized carbons (Fsp3) is 0.267. The summed E-state index contributed by atoms with van der Waals surface area (Å²) >= 11 is 0. The Kier molecular flexibility index (Phi) is 3.75. The minimum atomic E-state index is -0.258. The number of nitrogens with zero attached hydrogens (tertiary/aromatic N) is 5. The van der Waals surface area contributed by atoms with Crippen molar-refractivity contribution in [2.45, 2.75) is 12.5 Å². The number of amides is 1. The van der Waals surface area contributed by atoms with Crippen molar-refractivity contribution in [1.82, 2.24) is 30.3 Å². The molecule has 1 amide bonds. The van der Waals surface area contributed by atoms with Crippen molar-refractivity contribution in [3.05, 3.63) is 54.3 Å². The molecular formula is C15H14N6O3. The first-order valence-corrected chi connectivity index (χ1v) is 7.42. The van der Waals surface area contributed by atoms with Crippen LogP contribution in [0.25, 0.3) is 5.69 Å². The van der Waals surface area contributed by atoms with Gasteiger partial charge < -0.3 is 14.5 Å². The molecule has 1 aliphatic rings. The lowest BCUT2D eigenvalue weighted by atomic mass is 10.2. The van der Waals surface area contributed by atoms with E-state index < -0.39 is 0 Å². The van der Waals surface area contributed by atoms with Gasteiger partial charge in [0.1, 0.15) is 12.0 Å². The summed E-state index contributed by atoms with van der Waals surface area (Å²) < 4.78 is 10.4. The van der Waals surface area contributed by atoms with Crippen molar-refractivity contribution < 1.29 is 13.9 Å². The van der Waals surface area contributed by atoms with E-state index in [9.17, 15) is 4.79 Å². The van der Waals surface area contributed by atoms with Crippen LogP contribution in [0.15, 0.2) is 41.4 Å². The first-order valence-electron chi connectivity index (χ1n) is 7.42. The standard InChI is InChI=1S/C15H14N6O3/c22-15(19-11-7-23-8-11)13-9-24-14(20-13)5-10-1-2-12(6-16-10)21-17-3-4-18-21/h1-4,6,9,11H,5,7-8H2,(H,19,22). The Morgan fingerprint density at radius 2 is 2.12 bits per heavy atom. The molecule has 9 heteroatoms. The monoisotopic (exact) mass is 326 g/mol. The van der Waals surface area contributed by atoms with Gasteiger partial charge in [-0.25, -0.2) is 4.98 Å². The molecule has 0 saturated carbocycles. The molecule has 3 aromatic rings. The average molecular weight is 326 g/mol. The molecule has 0 spiro atoms. The molecule has 3 aromatic heterocycles. The van der Waals surface area contributed by atoms with Crippen LogP contribution in [-0.4, -0.2) is 50.1 Å². The van der Waals surface area contributed by atoms with Gasteiger partial charge in [-0.05, 0) is 12.1 Å². The molecule has 0 aromatic carbocycles. The largest absolute Gasteiger partial charge is 0.448 e. The zero-order valence-electron chi connectivity index (χ0n) is 12.6. The molecule has 0 unspecified atom stereocenters. The second kappa shape index (κ2) is 6.20. The molecule has 1 aliphatic heterocycles. The van der Waals surface area contributed by atoms with Gasteiger partial charge in [0, 0.05) is 5.69 Å². The van der Waals surface area contributed by atoms with E-state index in [0.29, 0.717) is 25.5 Å². The van der Waals surface area contributed by atoms with E-state index in [4.69, 9.17) is 9.15 Å². The van der Waals surface area contributed by atoms with Crippen molar-refractivity contribution in [3.63, 3.8) is 0 Å². The average Bonchev–Trinajstić information content (AvgIpc) is 3.23. The first kappa shape index (κ1) is 14.5. The third kappa shape index (κ3) is 3.01. The summed E-state index contributed by atoms with van der Waals surface area (Å²) in [6.07, 6.45) is 6.62. The maximum Gasteiger partial charge on any atom is 0.273 e. The van der Waals surface area contributed by atoms with Gasteiger partial charge in [0.25, 0.3) is 5.91 Å². The van der Waals surface area contributed by atoms with Crippen LogP contribution in [-0.2, 0) is 11.2 Å². The van der Waals surface area contributed by atoms with Crippen molar-refractivity contribution in [2.75, 3.05) is 13.2 Å². The number of carbonyl (C=O) groups excluding carboxylic acids is 1.